The van der Waals surface area contributed by atoms with E-state index < -0.39 is 0 Å². The Morgan fingerprint density at radius 2 is 1.11 bits per heavy atom. The molecule has 2 heteroatoms. The maximum atomic E-state index is 15.2. The van der Waals surface area contributed by atoms with Crippen molar-refractivity contribution in [1.82, 2.24) is 0 Å². The number of hydrogen-bond donors (Lipinski definition) is 0. The summed E-state index contributed by atoms with van der Waals surface area (Å²) in [6.45, 7) is 5.78. The molecule has 0 radical (unpaired) electrons. The molecule has 0 heterocycles. The van der Waals surface area contributed by atoms with Gasteiger partial charge in [0.15, 0.2) is 0 Å². The quantitative estimate of drug-likeness (QED) is 0.377. The van der Waals surface area contributed by atoms with E-state index in [-0.39, 0.29) is 11.6 Å². The normalized spacial score (nSPS) is 31.7. The Morgan fingerprint density at radius 3 is 1.63 bits per heavy atom. The van der Waals surface area contributed by atoms with Crippen LogP contribution in [-0.4, -0.2) is 0 Å². The summed E-state index contributed by atoms with van der Waals surface area (Å²) < 4.78 is 29.2. The van der Waals surface area contributed by atoms with Crippen molar-refractivity contribution in [2.75, 3.05) is 0 Å². The van der Waals surface area contributed by atoms with Gasteiger partial charge in [-0.1, -0.05) is 30.3 Å². The van der Waals surface area contributed by atoms with Crippen molar-refractivity contribution in [2.45, 2.75) is 102 Å². The highest BCUT2D eigenvalue weighted by molar-refractivity contribution is 5.30. The fraction of sp³-hybridized carbons (Fsp3) is 0.576. The van der Waals surface area contributed by atoms with E-state index in [0.717, 1.165) is 48.6 Å². The van der Waals surface area contributed by atoms with E-state index in [1.54, 1.807) is 6.07 Å². The molecule has 3 saturated carbocycles. The van der Waals surface area contributed by atoms with Gasteiger partial charge in [0, 0.05) is 0 Å². The first kappa shape index (κ1) is 24.7. The lowest BCUT2D eigenvalue weighted by Gasteiger charge is -2.38. The zero-order valence-corrected chi connectivity index (χ0v) is 21.5. The van der Waals surface area contributed by atoms with Gasteiger partial charge in [-0.3, -0.25) is 0 Å². The third-order valence-corrected chi connectivity index (χ3v) is 9.92. The van der Waals surface area contributed by atoms with Crippen LogP contribution in [0, 0.1) is 36.3 Å². The number of rotatable bonds is 5. The molecule has 0 aliphatic heterocycles. The Bertz CT molecular complexity index is 1000. The number of hydrogen-bond acceptors (Lipinski definition) is 0. The summed E-state index contributed by atoms with van der Waals surface area (Å²) in [6.07, 6.45) is 16.3. The van der Waals surface area contributed by atoms with E-state index in [1.807, 2.05) is 19.1 Å². The summed E-state index contributed by atoms with van der Waals surface area (Å²) in [7, 11) is 0. The highest BCUT2D eigenvalue weighted by Gasteiger charge is 2.32. The minimum absolute atomic E-state index is 0.0302. The number of halogens is 2. The number of allylic oxidation sites excluding steroid dienone is 1. The van der Waals surface area contributed by atoms with Gasteiger partial charge >= 0.3 is 0 Å². The van der Waals surface area contributed by atoms with E-state index in [0.29, 0.717) is 23.7 Å². The van der Waals surface area contributed by atoms with Crippen LogP contribution < -0.4 is 0 Å². The third kappa shape index (κ3) is 5.57. The Morgan fingerprint density at radius 1 is 0.629 bits per heavy atom. The Hall–Kier alpha value is -1.96. The molecule has 0 amide bonds. The molecule has 0 bridgehead atoms. The lowest BCUT2D eigenvalue weighted by atomic mass is 9.67. The molecular formula is C33H42F2. The van der Waals surface area contributed by atoms with Gasteiger partial charge in [0.2, 0.25) is 0 Å². The first-order chi connectivity index (χ1) is 17.0. The molecule has 0 spiro atoms. The fourth-order valence-electron chi connectivity index (χ4n) is 7.51. The highest BCUT2D eigenvalue weighted by atomic mass is 19.1. The molecule has 3 fully saturated rings. The first-order valence-electron chi connectivity index (χ1n) is 14.2. The largest absolute Gasteiger partial charge is 0.207 e. The van der Waals surface area contributed by atoms with Crippen molar-refractivity contribution >= 4 is 0 Å². The summed E-state index contributed by atoms with van der Waals surface area (Å²) in [5.74, 6) is 3.58. The van der Waals surface area contributed by atoms with Gasteiger partial charge < -0.3 is 0 Å². The Kier molecular flexibility index (Phi) is 7.75. The van der Waals surface area contributed by atoms with Gasteiger partial charge in [0.1, 0.15) is 11.6 Å². The van der Waals surface area contributed by atoms with Gasteiger partial charge in [-0.15, -0.1) is 6.58 Å². The number of aryl methyl sites for hydroxylation is 1. The van der Waals surface area contributed by atoms with Gasteiger partial charge in [-0.05, 0) is 154 Å². The summed E-state index contributed by atoms with van der Waals surface area (Å²) >= 11 is 0. The van der Waals surface area contributed by atoms with E-state index in [9.17, 15) is 4.39 Å². The SMILES string of the molecule is C=CC1CCC(c2ccc(C3CCC(C4CCC(c5ccc(C)c(F)c5)CC4)CC3)c(F)c2)CC1. The minimum Gasteiger partial charge on any atom is -0.207 e. The van der Waals surface area contributed by atoms with Crippen molar-refractivity contribution in [3.8, 4) is 0 Å². The van der Waals surface area contributed by atoms with Gasteiger partial charge in [-0.25, -0.2) is 8.78 Å². The second-order valence-corrected chi connectivity index (χ2v) is 11.9. The van der Waals surface area contributed by atoms with Crippen LogP contribution in [0.2, 0.25) is 0 Å². The smallest absolute Gasteiger partial charge is 0.126 e. The first-order valence-corrected chi connectivity index (χ1v) is 14.2. The van der Waals surface area contributed by atoms with Gasteiger partial charge in [-0.2, -0.15) is 0 Å². The molecule has 5 rings (SSSR count). The monoisotopic (exact) mass is 476 g/mol. The van der Waals surface area contributed by atoms with E-state index in [4.69, 9.17) is 0 Å². The molecule has 0 aromatic heterocycles. The van der Waals surface area contributed by atoms with Crippen LogP contribution in [0.1, 0.15) is 117 Å². The van der Waals surface area contributed by atoms with E-state index >= 15 is 4.39 Å². The van der Waals surface area contributed by atoms with E-state index in [1.165, 1.54) is 62.5 Å². The molecule has 2 aromatic carbocycles. The molecule has 0 unspecified atom stereocenters. The van der Waals surface area contributed by atoms with Crippen molar-refractivity contribution < 1.29 is 8.78 Å². The minimum atomic E-state index is -0.0664. The molecule has 2 aromatic rings. The van der Waals surface area contributed by atoms with E-state index in [2.05, 4.69) is 30.9 Å². The summed E-state index contributed by atoms with van der Waals surface area (Å²) in [5.41, 5.74) is 4.08. The molecule has 0 nitrogen and oxygen atoms in total. The van der Waals surface area contributed by atoms with Gasteiger partial charge in [0.05, 0.1) is 0 Å². The predicted molar refractivity (Wildman–Crippen MR) is 142 cm³/mol. The topological polar surface area (TPSA) is 0 Å². The molecule has 0 saturated heterocycles. The fourth-order valence-corrected chi connectivity index (χ4v) is 7.51. The second kappa shape index (κ2) is 11.0. The molecule has 35 heavy (non-hydrogen) atoms. The Balaban J connectivity index is 1.12. The molecule has 0 N–H and O–H groups in total. The van der Waals surface area contributed by atoms with Crippen LogP contribution >= 0.6 is 0 Å². The molecule has 3 aliphatic rings. The van der Waals surface area contributed by atoms with Gasteiger partial charge in [0.25, 0.3) is 0 Å². The molecular weight excluding hydrogens is 434 g/mol. The summed E-state index contributed by atoms with van der Waals surface area (Å²) in [6, 6.07) is 12.0. The van der Waals surface area contributed by atoms with Crippen molar-refractivity contribution in [3.63, 3.8) is 0 Å². The van der Waals surface area contributed by atoms with Crippen molar-refractivity contribution in [3.05, 3.63) is 82.9 Å². The average molecular weight is 477 g/mol. The maximum absolute atomic E-state index is 15.2. The van der Waals surface area contributed by atoms with Crippen LogP contribution in [0.5, 0.6) is 0 Å². The highest BCUT2D eigenvalue weighted by Crippen LogP contribution is 2.46. The van der Waals surface area contributed by atoms with Crippen LogP contribution in [0.15, 0.2) is 49.1 Å². The molecule has 188 valence electrons. The predicted octanol–water partition coefficient (Wildman–Crippen LogP) is 9.98. The zero-order valence-electron chi connectivity index (χ0n) is 21.5. The second-order valence-electron chi connectivity index (χ2n) is 11.9. The Labute approximate surface area is 211 Å². The summed E-state index contributed by atoms with van der Waals surface area (Å²) in [4.78, 5) is 0. The number of benzene rings is 2. The zero-order chi connectivity index (χ0) is 24.4. The molecule has 3 aliphatic carbocycles. The summed E-state index contributed by atoms with van der Waals surface area (Å²) in [5, 5.41) is 0. The maximum Gasteiger partial charge on any atom is 0.126 e. The van der Waals surface area contributed by atoms with Crippen molar-refractivity contribution in [2.24, 2.45) is 17.8 Å². The lowest BCUT2D eigenvalue weighted by molar-refractivity contribution is 0.176. The lowest BCUT2D eigenvalue weighted by Crippen LogP contribution is -2.25. The average Bonchev–Trinajstić information content (AvgIpc) is 2.90. The molecule has 0 atom stereocenters. The standard InChI is InChI=1S/C33H42F2/c1-3-23-5-8-26(9-6-23)30-18-19-31(33(35)21-30)28-16-14-25(15-17-28)24-10-12-27(13-11-24)29-7-4-22(2)32(34)20-29/h3-4,7,18-21,23-28H,1,5-6,8-17H2,2H3. The van der Waals surface area contributed by atoms with Crippen LogP contribution in [-0.2, 0) is 0 Å². The third-order valence-electron chi connectivity index (χ3n) is 9.92. The van der Waals surface area contributed by atoms with Crippen LogP contribution in [0.3, 0.4) is 0 Å². The van der Waals surface area contributed by atoms with Crippen LogP contribution in [0.4, 0.5) is 8.78 Å². The van der Waals surface area contributed by atoms with Crippen molar-refractivity contribution in [1.29, 1.82) is 0 Å². The van der Waals surface area contributed by atoms with Crippen LogP contribution in [0.25, 0.3) is 0 Å².